The van der Waals surface area contributed by atoms with E-state index in [1.807, 2.05) is 20.8 Å². The number of carbonyl (C=O) groups excluding carboxylic acids is 2. The van der Waals surface area contributed by atoms with Gasteiger partial charge in [-0.2, -0.15) is 0 Å². The number of ether oxygens (including phenoxy) is 3. The van der Waals surface area contributed by atoms with Gasteiger partial charge in [0.05, 0.1) is 18.8 Å². The minimum atomic E-state index is -0.559. The van der Waals surface area contributed by atoms with Gasteiger partial charge in [0.25, 0.3) is 5.91 Å². The smallest absolute Gasteiger partial charge is 0.342 e. The molecule has 1 aromatic rings. The molecule has 1 amide bonds. The van der Waals surface area contributed by atoms with Crippen LogP contribution in [0.5, 0.6) is 5.75 Å². The average Bonchev–Trinajstić information content (AvgIpc) is 2.52. The number of benzene rings is 1. The normalized spacial score (nSPS) is 20.9. The van der Waals surface area contributed by atoms with Crippen molar-refractivity contribution in [1.82, 2.24) is 4.90 Å². The van der Waals surface area contributed by atoms with E-state index in [0.717, 1.165) is 0 Å². The zero-order valence-corrected chi connectivity index (χ0v) is 13.8. The fourth-order valence-corrected chi connectivity index (χ4v) is 2.59. The van der Waals surface area contributed by atoms with Crippen LogP contribution in [0, 0.1) is 0 Å². The Morgan fingerprint density at radius 1 is 1.22 bits per heavy atom. The van der Waals surface area contributed by atoms with Gasteiger partial charge < -0.3 is 19.1 Å². The summed E-state index contributed by atoms with van der Waals surface area (Å²) in [6.07, 6.45) is -0.0332. The maximum Gasteiger partial charge on any atom is 0.342 e. The monoisotopic (exact) mass is 321 g/mol. The summed E-state index contributed by atoms with van der Waals surface area (Å²) in [5.74, 6) is -0.313. The summed E-state index contributed by atoms with van der Waals surface area (Å²) in [5, 5.41) is 0. The number of rotatable bonds is 5. The van der Waals surface area contributed by atoms with Crippen molar-refractivity contribution in [3.63, 3.8) is 0 Å². The quantitative estimate of drug-likeness (QED) is 0.775. The Morgan fingerprint density at radius 2 is 1.87 bits per heavy atom. The van der Waals surface area contributed by atoms with Crippen LogP contribution in [0.4, 0.5) is 0 Å². The molecular formula is C17H23NO5. The first-order chi connectivity index (χ1) is 11.0. The van der Waals surface area contributed by atoms with Gasteiger partial charge in [0.15, 0.2) is 6.61 Å². The lowest BCUT2D eigenvalue weighted by atomic mass is 10.2. The third-order valence-electron chi connectivity index (χ3n) is 3.51. The van der Waals surface area contributed by atoms with E-state index in [2.05, 4.69) is 0 Å². The standard InChI is InChI=1S/C17H23NO5/c1-4-21-15-8-6-5-7-14(15)17(20)22-11-16(19)18-9-12(2)23-13(3)10-18/h5-8,12-13H,4,9-11H2,1-3H3. The highest BCUT2D eigenvalue weighted by Crippen LogP contribution is 2.19. The number of para-hydroxylation sites is 1. The predicted octanol–water partition coefficient (Wildman–Crippen LogP) is 1.88. The van der Waals surface area contributed by atoms with Gasteiger partial charge in [-0.3, -0.25) is 4.79 Å². The zero-order valence-electron chi connectivity index (χ0n) is 13.8. The summed E-state index contributed by atoms with van der Waals surface area (Å²) < 4.78 is 16.1. The lowest BCUT2D eigenvalue weighted by Crippen LogP contribution is -2.49. The molecule has 23 heavy (non-hydrogen) atoms. The van der Waals surface area contributed by atoms with Crippen LogP contribution in [0.25, 0.3) is 0 Å². The van der Waals surface area contributed by atoms with Crippen LogP contribution in [-0.2, 0) is 14.3 Å². The van der Waals surface area contributed by atoms with Crippen molar-refractivity contribution in [2.45, 2.75) is 33.0 Å². The fraction of sp³-hybridized carbons (Fsp3) is 0.529. The maximum atomic E-state index is 12.2. The van der Waals surface area contributed by atoms with Crippen LogP contribution < -0.4 is 4.74 Å². The molecule has 6 nitrogen and oxygen atoms in total. The van der Waals surface area contributed by atoms with Gasteiger partial charge in [-0.1, -0.05) is 12.1 Å². The van der Waals surface area contributed by atoms with Crippen LogP contribution in [-0.4, -0.2) is 55.3 Å². The summed E-state index contributed by atoms with van der Waals surface area (Å²) in [7, 11) is 0. The number of hydrogen-bond donors (Lipinski definition) is 0. The van der Waals surface area contributed by atoms with E-state index in [0.29, 0.717) is 31.0 Å². The van der Waals surface area contributed by atoms with E-state index in [-0.39, 0.29) is 24.7 Å². The highest BCUT2D eigenvalue weighted by molar-refractivity contribution is 5.94. The molecule has 0 radical (unpaired) electrons. The van der Waals surface area contributed by atoms with Crippen molar-refractivity contribution in [3.8, 4) is 5.75 Å². The van der Waals surface area contributed by atoms with Crippen molar-refractivity contribution in [2.75, 3.05) is 26.3 Å². The summed E-state index contributed by atoms with van der Waals surface area (Å²) in [6.45, 7) is 6.87. The number of morpholine rings is 1. The van der Waals surface area contributed by atoms with Crippen LogP contribution in [0.1, 0.15) is 31.1 Å². The zero-order chi connectivity index (χ0) is 16.8. The predicted molar refractivity (Wildman–Crippen MR) is 84.5 cm³/mol. The molecule has 2 atom stereocenters. The summed E-state index contributed by atoms with van der Waals surface area (Å²) >= 11 is 0. The van der Waals surface area contributed by atoms with Crippen LogP contribution in [0.2, 0.25) is 0 Å². The first-order valence-corrected chi connectivity index (χ1v) is 7.83. The average molecular weight is 321 g/mol. The third kappa shape index (κ3) is 4.69. The molecule has 1 heterocycles. The van der Waals surface area contributed by atoms with Crippen molar-refractivity contribution in [2.24, 2.45) is 0 Å². The van der Waals surface area contributed by atoms with Gasteiger partial charge in [-0.25, -0.2) is 4.79 Å². The second-order valence-corrected chi connectivity index (χ2v) is 5.56. The Kier molecular flexibility index (Phi) is 5.98. The molecule has 0 bridgehead atoms. The van der Waals surface area contributed by atoms with Gasteiger partial charge in [-0.05, 0) is 32.9 Å². The van der Waals surface area contributed by atoms with Crippen molar-refractivity contribution in [1.29, 1.82) is 0 Å². The molecule has 0 spiro atoms. The minimum Gasteiger partial charge on any atom is -0.493 e. The molecule has 1 fully saturated rings. The Balaban J connectivity index is 1.92. The minimum absolute atomic E-state index is 0.0166. The number of carbonyl (C=O) groups is 2. The maximum absolute atomic E-state index is 12.2. The van der Waals surface area contributed by atoms with Crippen LogP contribution in [0.15, 0.2) is 24.3 Å². The molecule has 0 aromatic heterocycles. The second-order valence-electron chi connectivity index (χ2n) is 5.56. The van der Waals surface area contributed by atoms with Crippen molar-refractivity contribution >= 4 is 11.9 Å². The summed E-state index contributed by atoms with van der Waals surface area (Å²) in [6, 6.07) is 6.83. The number of amides is 1. The Labute approximate surface area is 136 Å². The number of hydrogen-bond acceptors (Lipinski definition) is 5. The molecule has 0 saturated carbocycles. The lowest BCUT2D eigenvalue weighted by molar-refractivity contribution is -0.146. The molecular weight excluding hydrogens is 298 g/mol. The second kappa shape index (κ2) is 7.97. The molecule has 1 saturated heterocycles. The van der Waals surface area contributed by atoms with Crippen LogP contribution >= 0.6 is 0 Å². The van der Waals surface area contributed by atoms with Gasteiger partial charge in [0.1, 0.15) is 11.3 Å². The first-order valence-electron chi connectivity index (χ1n) is 7.83. The van der Waals surface area contributed by atoms with Gasteiger partial charge in [-0.15, -0.1) is 0 Å². The van der Waals surface area contributed by atoms with Crippen molar-refractivity contribution < 1.29 is 23.8 Å². The fourth-order valence-electron chi connectivity index (χ4n) is 2.59. The van der Waals surface area contributed by atoms with Gasteiger partial charge in [0, 0.05) is 13.1 Å². The topological polar surface area (TPSA) is 65.1 Å². The van der Waals surface area contributed by atoms with E-state index < -0.39 is 5.97 Å². The van der Waals surface area contributed by atoms with E-state index in [9.17, 15) is 9.59 Å². The SMILES string of the molecule is CCOc1ccccc1C(=O)OCC(=O)N1CC(C)OC(C)C1. The number of esters is 1. The van der Waals surface area contributed by atoms with E-state index in [1.54, 1.807) is 29.2 Å². The van der Waals surface area contributed by atoms with Crippen molar-refractivity contribution in [3.05, 3.63) is 29.8 Å². The Morgan fingerprint density at radius 3 is 2.52 bits per heavy atom. The molecule has 1 aliphatic rings. The summed E-state index contributed by atoms with van der Waals surface area (Å²) in [5.41, 5.74) is 0.325. The molecule has 2 rings (SSSR count). The Bertz CT molecular complexity index is 550. The highest BCUT2D eigenvalue weighted by atomic mass is 16.5. The molecule has 1 aromatic carbocycles. The highest BCUT2D eigenvalue weighted by Gasteiger charge is 2.26. The molecule has 126 valence electrons. The van der Waals surface area contributed by atoms with E-state index >= 15 is 0 Å². The van der Waals surface area contributed by atoms with Crippen LogP contribution in [0.3, 0.4) is 0 Å². The summed E-state index contributed by atoms with van der Waals surface area (Å²) in [4.78, 5) is 26.0. The molecule has 0 aliphatic carbocycles. The van der Waals surface area contributed by atoms with Gasteiger partial charge in [0.2, 0.25) is 0 Å². The molecule has 6 heteroatoms. The molecule has 1 aliphatic heterocycles. The van der Waals surface area contributed by atoms with E-state index in [1.165, 1.54) is 0 Å². The Hall–Kier alpha value is -2.08. The van der Waals surface area contributed by atoms with E-state index in [4.69, 9.17) is 14.2 Å². The van der Waals surface area contributed by atoms with Gasteiger partial charge >= 0.3 is 5.97 Å². The molecule has 2 unspecified atom stereocenters. The number of nitrogens with zero attached hydrogens (tertiary/aromatic N) is 1. The largest absolute Gasteiger partial charge is 0.493 e. The lowest BCUT2D eigenvalue weighted by Gasteiger charge is -2.35. The first kappa shape index (κ1) is 17.3. The third-order valence-corrected chi connectivity index (χ3v) is 3.51. The molecule has 0 N–H and O–H groups in total.